The number of aromatic amines is 1. The zero-order valence-corrected chi connectivity index (χ0v) is 10.7. The molecule has 0 aliphatic carbocycles. The molecule has 1 amide bonds. The monoisotopic (exact) mass is 322 g/mol. The molecular weight excluding hydrogens is 307 g/mol. The number of amides is 1. The number of nitrogens with one attached hydrogen (secondary N) is 2. The molecule has 1 aromatic heterocycles. The highest BCUT2D eigenvalue weighted by atomic mass is 127. The fourth-order valence-corrected chi connectivity index (χ4v) is 1.62. The smallest absolute Gasteiger partial charge is 0.267 e. The van der Waals surface area contributed by atoms with Gasteiger partial charge in [0.25, 0.3) is 5.91 Å². The normalized spacial score (nSPS) is 12.5. The fraction of sp³-hybridized carbons (Fsp3) is 0.500. The predicted molar refractivity (Wildman–Crippen MR) is 66.8 cm³/mol. The molecule has 4 nitrogen and oxygen atoms in total. The molecule has 0 aromatic carbocycles. The zero-order valence-electron chi connectivity index (χ0n) is 8.59. The molecule has 1 unspecified atom stereocenters. The van der Waals surface area contributed by atoms with E-state index in [1.54, 1.807) is 12.3 Å². The summed E-state index contributed by atoms with van der Waals surface area (Å²) in [4.78, 5) is 14.4. The molecule has 1 heterocycles. The fourth-order valence-electron chi connectivity index (χ4n) is 1.15. The van der Waals surface area contributed by atoms with Gasteiger partial charge in [0.15, 0.2) is 0 Å². The lowest BCUT2D eigenvalue weighted by molar-refractivity contribution is 0.0937. The van der Waals surface area contributed by atoms with Crippen molar-refractivity contribution in [1.29, 1.82) is 0 Å². The summed E-state index contributed by atoms with van der Waals surface area (Å²) in [6, 6.07) is 1.78. The van der Waals surface area contributed by atoms with E-state index in [0.717, 1.165) is 9.99 Å². The Morgan fingerprint density at radius 1 is 1.73 bits per heavy atom. The third kappa shape index (κ3) is 4.21. The van der Waals surface area contributed by atoms with Crippen molar-refractivity contribution in [3.8, 4) is 0 Å². The molecule has 0 aliphatic heterocycles. The minimum Gasteiger partial charge on any atom is -0.393 e. The van der Waals surface area contributed by atoms with E-state index < -0.39 is 0 Å². The van der Waals surface area contributed by atoms with E-state index in [0.29, 0.717) is 18.7 Å². The van der Waals surface area contributed by atoms with Gasteiger partial charge in [0.05, 0.1) is 6.10 Å². The van der Waals surface area contributed by atoms with Gasteiger partial charge in [-0.3, -0.25) is 4.79 Å². The maximum Gasteiger partial charge on any atom is 0.267 e. The highest BCUT2D eigenvalue weighted by Crippen LogP contribution is 2.05. The Morgan fingerprint density at radius 3 is 3.00 bits per heavy atom. The van der Waals surface area contributed by atoms with Crippen LogP contribution in [0.25, 0.3) is 0 Å². The second-order valence-corrected chi connectivity index (χ2v) is 4.58. The van der Waals surface area contributed by atoms with Crippen LogP contribution < -0.4 is 5.32 Å². The standard InChI is InChI=1S/C10H15IN2O2/c1-2-8(14)3-4-12-10(15)9-5-7(11)6-13-9/h5-6,8,13-14H,2-4H2,1H3,(H,12,15). The number of rotatable bonds is 5. The Morgan fingerprint density at radius 2 is 2.47 bits per heavy atom. The second kappa shape index (κ2) is 6.12. The molecule has 1 atom stereocenters. The molecule has 0 bridgehead atoms. The van der Waals surface area contributed by atoms with Crippen molar-refractivity contribution in [1.82, 2.24) is 10.3 Å². The summed E-state index contributed by atoms with van der Waals surface area (Å²) in [6.45, 7) is 2.42. The summed E-state index contributed by atoms with van der Waals surface area (Å²) in [5.74, 6) is -0.124. The number of aliphatic hydroxyl groups is 1. The molecule has 0 spiro atoms. The first-order valence-corrected chi connectivity index (χ1v) is 6.01. The minimum atomic E-state index is -0.325. The van der Waals surface area contributed by atoms with Crippen LogP contribution in [0, 0.1) is 3.57 Å². The van der Waals surface area contributed by atoms with Crippen molar-refractivity contribution < 1.29 is 9.90 Å². The van der Waals surface area contributed by atoms with E-state index in [4.69, 9.17) is 0 Å². The Labute approximate surface area is 103 Å². The minimum absolute atomic E-state index is 0.124. The number of halogens is 1. The second-order valence-electron chi connectivity index (χ2n) is 3.34. The molecular formula is C10H15IN2O2. The van der Waals surface area contributed by atoms with Crippen LogP contribution in [0.5, 0.6) is 0 Å². The summed E-state index contributed by atoms with van der Waals surface area (Å²) in [6.07, 6.45) is 2.77. The Hall–Kier alpha value is -0.560. The molecule has 15 heavy (non-hydrogen) atoms. The van der Waals surface area contributed by atoms with Crippen molar-refractivity contribution in [3.05, 3.63) is 21.5 Å². The molecule has 1 rings (SSSR count). The average Bonchev–Trinajstić information content (AvgIpc) is 2.64. The highest BCUT2D eigenvalue weighted by Gasteiger charge is 2.07. The molecule has 0 radical (unpaired) electrons. The molecule has 5 heteroatoms. The summed E-state index contributed by atoms with van der Waals surface area (Å²) in [7, 11) is 0. The number of hydrogen-bond donors (Lipinski definition) is 3. The average molecular weight is 322 g/mol. The molecule has 0 fully saturated rings. The van der Waals surface area contributed by atoms with E-state index in [1.807, 2.05) is 6.92 Å². The van der Waals surface area contributed by atoms with Gasteiger partial charge in [0.1, 0.15) is 5.69 Å². The third-order valence-electron chi connectivity index (χ3n) is 2.13. The lowest BCUT2D eigenvalue weighted by Crippen LogP contribution is -2.27. The van der Waals surface area contributed by atoms with Gasteiger partial charge in [0.2, 0.25) is 0 Å². The van der Waals surface area contributed by atoms with Crippen molar-refractivity contribution in [2.24, 2.45) is 0 Å². The summed E-state index contributed by atoms with van der Waals surface area (Å²) in [5.41, 5.74) is 0.561. The first kappa shape index (κ1) is 12.5. The quantitative estimate of drug-likeness (QED) is 0.720. The lowest BCUT2D eigenvalue weighted by Gasteiger charge is -2.07. The Kier molecular flexibility index (Phi) is 5.10. The maximum atomic E-state index is 11.5. The van der Waals surface area contributed by atoms with Crippen LogP contribution in [0.4, 0.5) is 0 Å². The number of carbonyl (C=O) groups excluding carboxylic acids is 1. The van der Waals surface area contributed by atoms with Gasteiger partial charge in [-0.25, -0.2) is 0 Å². The van der Waals surface area contributed by atoms with Gasteiger partial charge in [-0.05, 0) is 41.5 Å². The predicted octanol–water partition coefficient (Wildman–Crippen LogP) is 1.51. The summed E-state index contributed by atoms with van der Waals surface area (Å²) < 4.78 is 1.01. The van der Waals surface area contributed by atoms with Crippen LogP contribution in [0.3, 0.4) is 0 Å². The van der Waals surface area contributed by atoms with E-state index >= 15 is 0 Å². The van der Waals surface area contributed by atoms with Crippen LogP contribution in [-0.2, 0) is 0 Å². The van der Waals surface area contributed by atoms with Crippen LogP contribution in [0.2, 0.25) is 0 Å². The van der Waals surface area contributed by atoms with Gasteiger partial charge in [-0.15, -0.1) is 0 Å². The van der Waals surface area contributed by atoms with Crippen molar-refractivity contribution in [2.45, 2.75) is 25.9 Å². The van der Waals surface area contributed by atoms with Crippen molar-refractivity contribution in [2.75, 3.05) is 6.54 Å². The number of carbonyl (C=O) groups is 1. The zero-order chi connectivity index (χ0) is 11.3. The van der Waals surface area contributed by atoms with Crippen molar-refractivity contribution in [3.63, 3.8) is 0 Å². The van der Waals surface area contributed by atoms with Crippen LogP contribution in [0.1, 0.15) is 30.3 Å². The summed E-state index contributed by atoms with van der Waals surface area (Å²) in [5, 5.41) is 12.0. The first-order chi connectivity index (χ1) is 7.13. The Bertz CT molecular complexity index is 325. The van der Waals surface area contributed by atoms with Crippen LogP contribution >= 0.6 is 22.6 Å². The van der Waals surface area contributed by atoms with Gasteiger partial charge in [-0.2, -0.15) is 0 Å². The van der Waals surface area contributed by atoms with E-state index in [1.165, 1.54) is 0 Å². The SMILES string of the molecule is CCC(O)CCNC(=O)c1cc(I)c[nH]1. The lowest BCUT2D eigenvalue weighted by atomic mass is 10.2. The molecule has 1 aromatic rings. The first-order valence-electron chi connectivity index (χ1n) is 4.93. The number of H-pyrrole nitrogens is 1. The molecule has 0 saturated heterocycles. The van der Waals surface area contributed by atoms with Crippen LogP contribution in [-0.4, -0.2) is 28.6 Å². The van der Waals surface area contributed by atoms with E-state index in [2.05, 4.69) is 32.9 Å². The van der Waals surface area contributed by atoms with E-state index in [-0.39, 0.29) is 12.0 Å². The molecule has 3 N–H and O–H groups in total. The number of hydrogen-bond acceptors (Lipinski definition) is 2. The molecule has 84 valence electrons. The van der Waals surface area contributed by atoms with Gasteiger partial charge in [0, 0.05) is 16.3 Å². The van der Waals surface area contributed by atoms with Gasteiger partial charge >= 0.3 is 0 Å². The largest absolute Gasteiger partial charge is 0.393 e. The highest BCUT2D eigenvalue weighted by molar-refractivity contribution is 14.1. The summed E-state index contributed by atoms with van der Waals surface area (Å²) >= 11 is 2.14. The van der Waals surface area contributed by atoms with Crippen molar-refractivity contribution >= 4 is 28.5 Å². The van der Waals surface area contributed by atoms with Gasteiger partial charge < -0.3 is 15.4 Å². The molecule has 0 aliphatic rings. The number of aliphatic hydroxyl groups excluding tert-OH is 1. The Balaban J connectivity index is 2.31. The molecule has 0 saturated carbocycles. The van der Waals surface area contributed by atoms with E-state index in [9.17, 15) is 9.90 Å². The third-order valence-corrected chi connectivity index (χ3v) is 2.75. The van der Waals surface area contributed by atoms with Gasteiger partial charge in [-0.1, -0.05) is 6.92 Å². The maximum absolute atomic E-state index is 11.5. The van der Waals surface area contributed by atoms with Crippen LogP contribution in [0.15, 0.2) is 12.3 Å². The number of aromatic nitrogens is 1. The topological polar surface area (TPSA) is 65.1 Å².